The normalized spacial score (nSPS) is 11.1. The van der Waals surface area contributed by atoms with Crippen molar-refractivity contribution in [1.82, 2.24) is 0 Å². The molecule has 16 heavy (non-hydrogen) atoms. The van der Waals surface area contributed by atoms with Crippen molar-refractivity contribution in [3.63, 3.8) is 0 Å². The van der Waals surface area contributed by atoms with Gasteiger partial charge in [0.2, 0.25) is 0 Å². The molecule has 0 aliphatic rings. The molecule has 4 nitrogen and oxygen atoms in total. The van der Waals surface area contributed by atoms with Crippen LogP contribution in [0.15, 0.2) is 41.3 Å². The molecule has 2 N–H and O–H groups in total. The molecule has 6 heteroatoms. The van der Waals surface area contributed by atoms with E-state index in [1.54, 1.807) is 12.1 Å². The van der Waals surface area contributed by atoms with Gasteiger partial charge in [-0.05, 0) is 23.6 Å². The van der Waals surface area contributed by atoms with Crippen LogP contribution in [0.5, 0.6) is 5.75 Å². The summed E-state index contributed by atoms with van der Waals surface area (Å²) in [5.41, 5.74) is 0. The van der Waals surface area contributed by atoms with Crippen molar-refractivity contribution in [1.29, 1.82) is 0 Å². The number of benzene rings is 2. The summed E-state index contributed by atoms with van der Waals surface area (Å²) in [6.45, 7) is 0. The summed E-state index contributed by atoms with van der Waals surface area (Å²) in [5, 5.41) is 10.2. The second kappa shape index (κ2) is 5.13. The van der Waals surface area contributed by atoms with Crippen LogP contribution in [-0.4, -0.2) is 18.1 Å². The van der Waals surface area contributed by atoms with E-state index < -0.39 is 10.1 Å². The summed E-state index contributed by atoms with van der Waals surface area (Å²) in [6, 6.07) is 8.86. The van der Waals surface area contributed by atoms with E-state index in [0.717, 1.165) is 0 Å². The van der Waals surface area contributed by atoms with Crippen LogP contribution in [-0.2, 0) is 10.1 Å². The van der Waals surface area contributed by atoms with Crippen LogP contribution in [0, 0.1) is 0 Å². The van der Waals surface area contributed by atoms with Crippen molar-refractivity contribution >= 4 is 20.9 Å². The Labute approximate surface area is 137 Å². The average Bonchev–Trinajstić information content (AvgIpc) is 2.15. The van der Waals surface area contributed by atoms with E-state index in [1.165, 1.54) is 24.3 Å². The molecule has 0 aliphatic heterocycles. The van der Waals surface area contributed by atoms with Gasteiger partial charge in [-0.25, -0.2) is 0 Å². The Kier molecular flexibility index (Phi) is 4.53. The van der Waals surface area contributed by atoms with Crippen molar-refractivity contribution in [2.24, 2.45) is 0 Å². The molecule has 2 aromatic carbocycles. The Morgan fingerprint density at radius 3 is 2.44 bits per heavy atom. The number of phenolic OH excluding ortho intramolecular Hbond substituents is 1. The second-order valence-electron chi connectivity index (χ2n) is 3.14. The monoisotopic (exact) mass is 264 g/mol. The van der Waals surface area contributed by atoms with Gasteiger partial charge < -0.3 is 6.53 Å². The number of hydrogen-bond donors (Lipinski definition) is 2. The third kappa shape index (κ3) is 2.83. The molecule has 0 saturated heterocycles. The van der Waals surface area contributed by atoms with Crippen molar-refractivity contribution in [2.75, 3.05) is 0 Å². The maximum atomic E-state index is 11.0. The maximum absolute atomic E-state index is 11.0. The molecule has 2 rings (SSSR count). The first-order valence-electron chi connectivity index (χ1n) is 4.18. The maximum Gasteiger partial charge on any atom is 1.00 e. The Balaban J connectivity index is 0.00000128. The number of aromatic hydroxyl groups is 1. The van der Waals surface area contributed by atoms with E-state index in [2.05, 4.69) is 0 Å². The predicted octanol–water partition coefficient (Wildman–Crippen LogP) is -1.09. The van der Waals surface area contributed by atoms with Crippen LogP contribution >= 0.6 is 0 Å². The fourth-order valence-electron chi connectivity index (χ4n) is 1.46. The first-order chi connectivity index (χ1) is 6.98. The van der Waals surface area contributed by atoms with Gasteiger partial charge in [0.15, 0.2) is 0 Å². The van der Waals surface area contributed by atoms with Crippen LogP contribution in [0.25, 0.3) is 10.8 Å². The van der Waals surface area contributed by atoms with Crippen LogP contribution < -0.4 is 51.4 Å². The molecule has 0 aromatic heterocycles. The largest absolute Gasteiger partial charge is 1.00 e. The molecule has 0 aliphatic carbocycles. The van der Waals surface area contributed by atoms with Gasteiger partial charge in [-0.15, -0.1) is 0 Å². The number of fused-ring (bicyclic) bond motifs is 1. The minimum absolute atomic E-state index is 0. The van der Waals surface area contributed by atoms with Gasteiger partial charge in [0.05, 0.1) is 0 Å². The van der Waals surface area contributed by atoms with Crippen LogP contribution in [0.1, 0.15) is 1.43 Å². The average molecular weight is 264 g/mol. The zero-order valence-corrected chi connectivity index (χ0v) is 12.5. The number of hydrogen-bond acceptors (Lipinski definition) is 3. The molecule has 0 unspecified atom stereocenters. The molecule has 0 amide bonds. The summed E-state index contributed by atoms with van der Waals surface area (Å²) in [5.74, 6) is -0.0430. The van der Waals surface area contributed by atoms with Gasteiger partial charge in [-0.3, -0.25) is 4.55 Å². The van der Waals surface area contributed by atoms with E-state index in [-0.39, 0.29) is 63.5 Å². The molecule has 0 fully saturated rings. The Morgan fingerprint density at radius 2 is 1.81 bits per heavy atom. The SMILES string of the molecule is O=S(=O)(O)c1cccc2ccc(O)cc12.[H-].[K+]. The smallest absolute Gasteiger partial charge is 1.00 e. The van der Waals surface area contributed by atoms with Crippen LogP contribution in [0.2, 0.25) is 0 Å². The fraction of sp³-hybridized carbons (Fsp3) is 0. The Bertz CT molecular complexity index is 627. The third-order valence-corrected chi connectivity index (χ3v) is 3.02. The minimum atomic E-state index is -4.26. The van der Waals surface area contributed by atoms with Crippen LogP contribution in [0.4, 0.5) is 0 Å². The Hall–Kier alpha value is 0.0464. The second-order valence-corrected chi connectivity index (χ2v) is 4.53. The van der Waals surface area contributed by atoms with Gasteiger partial charge >= 0.3 is 51.4 Å². The number of phenols is 1. The minimum Gasteiger partial charge on any atom is -1.00 e. The molecular weight excluding hydrogens is 255 g/mol. The molecule has 0 atom stereocenters. The summed E-state index contributed by atoms with van der Waals surface area (Å²) in [6.07, 6.45) is 0. The molecule has 0 radical (unpaired) electrons. The predicted molar refractivity (Wildman–Crippen MR) is 56.5 cm³/mol. The van der Waals surface area contributed by atoms with Gasteiger partial charge in [0.1, 0.15) is 10.6 Å². The van der Waals surface area contributed by atoms with Crippen molar-refractivity contribution in [3.8, 4) is 5.75 Å². The molecule has 0 heterocycles. The van der Waals surface area contributed by atoms with E-state index in [0.29, 0.717) is 10.8 Å². The Morgan fingerprint density at radius 1 is 1.12 bits per heavy atom. The first kappa shape index (κ1) is 14.1. The molecular formula is C10H9KO4S. The zero-order valence-electron chi connectivity index (χ0n) is 9.58. The van der Waals surface area contributed by atoms with Crippen LogP contribution in [0.3, 0.4) is 0 Å². The zero-order chi connectivity index (χ0) is 11.1. The van der Waals surface area contributed by atoms with E-state index in [4.69, 9.17) is 4.55 Å². The fourth-order valence-corrected chi connectivity index (χ4v) is 2.16. The van der Waals surface area contributed by atoms with Crippen molar-refractivity contribution in [2.45, 2.75) is 4.90 Å². The third-order valence-electron chi connectivity index (χ3n) is 2.10. The first-order valence-corrected chi connectivity index (χ1v) is 5.62. The quantitative estimate of drug-likeness (QED) is 0.507. The van der Waals surface area contributed by atoms with E-state index in [9.17, 15) is 13.5 Å². The van der Waals surface area contributed by atoms with E-state index >= 15 is 0 Å². The molecule has 0 saturated carbocycles. The molecule has 0 bridgehead atoms. The standard InChI is InChI=1S/C10H8O4S.K.H/c11-8-5-4-7-2-1-3-10(9(7)6-8)15(12,13)14;;/h1-6,11H,(H,12,13,14);;/q;+1;-1. The van der Waals surface area contributed by atoms with Gasteiger partial charge in [0, 0.05) is 5.39 Å². The van der Waals surface area contributed by atoms with Crippen molar-refractivity contribution in [3.05, 3.63) is 36.4 Å². The summed E-state index contributed by atoms with van der Waals surface area (Å²) >= 11 is 0. The van der Waals surface area contributed by atoms with Gasteiger partial charge in [0.25, 0.3) is 10.1 Å². The summed E-state index contributed by atoms with van der Waals surface area (Å²) in [4.78, 5) is -0.198. The summed E-state index contributed by atoms with van der Waals surface area (Å²) < 4.78 is 31.0. The van der Waals surface area contributed by atoms with Gasteiger partial charge in [-0.1, -0.05) is 18.2 Å². The summed E-state index contributed by atoms with van der Waals surface area (Å²) in [7, 11) is -4.26. The topological polar surface area (TPSA) is 74.6 Å². The van der Waals surface area contributed by atoms with Gasteiger partial charge in [-0.2, -0.15) is 8.42 Å². The van der Waals surface area contributed by atoms with Crippen molar-refractivity contribution < 1.29 is 70.9 Å². The molecule has 80 valence electrons. The molecule has 2 aromatic rings. The molecule has 0 spiro atoms. The van der Waals surface area contributed by atoms with E-state index in [1.807, 2.05) is 0 Å². The number of rotatable bonds is 1.